The van der Waals surface area contributed by atoms with Crippen LogP contribution in [-0.2, 0) is 0 Å². The van der Waals surface area contributed by atoms with Crippen molar-refractivity contribution < 1.29 is 0 Å². The van der Waals surface area contributed by atoms with Crippen molar-refractivity contribution in [2.45, 2.75) is 0 Å². The van der Waals surface area contributed by atoms with Crippen LogP contribution in [0.15, 0.2) is 265 Å². The minimum Gasteiger partial charge on any atom is -0.309 e. The van der Waals surface area contributed by atoms with Gasteiger partial charge in [-0.25, -0.2) is 0 Å². The maximum Gasteiger partial charge on any atom is 0.0547 e. The summed E-state index contributed by atoms with van der Waals surface area (Å²) in [5.74, 6) is 0.476. The van der Waals surface area contributed by atoms with Crippen molar-refractivity contribution in [3.05, 3.63) is 276 Å². The molecule has 4 aliphatic carbocycles. The highest BCUT2D eigenvalue weighted by Crippen LogP contribution is 2.54. The number of nitrogens with zero attached hydrogens (tertiary/aromatic N) is 2. The standard InChI is InChI=1S/C64H42N2/c1-3-19-47(20-4-1)65-57-27-9-7-23-55(57)63-51(25-13-29-59(63)65)45-17-11-15-43(39-45)49-35-31-41-34-38-54-50(36-32-42-33-37-53(49)61(41)62(42)54)44-16-12-18-46(40-44)52-26-14-30-60-64(52)56-24-8-10-28-58(56)66(60)48-21-5-2-6-22-48/h1-40,61-62H. The van der Waals surface area contributed by atoms with Crippen molar-refractivity contribution >= 4 is 54.8 Å². The predicted octanol–water partition coefficient (Wildman–Crippen LogP) is 16.2. The van der Waals surface area contributed by atoms with E-state index in [1.165, 1.54) is 122 Å². The van der Waals surface area contributed by atoms with E-state index in [4.69, 9.17) is 0 Å². The minimum atomic E-state index is 0.238. The number of allylic oxidation sites excluding steroid dienone is 14. The Labute approximate surface area is 383 Å². The van der Waals surface area contributed by atoms with Crippen LogP contribution in [0.2, 0.25) is 0 Å². The van der Waals surface area contributed by atoms with Crippen molar-refractivity contribution in [3.8, 4) is 33.6 Å². The normalized spacial score (nSPS) is 17.3. The van der Waals surface area contributed by atoms with Gasteiger partial charge in [-0.3, -0.25) is 0 Å². The van der Waals surface area contributed by atoms with Crippen molar-refractivity contribution in [2.75, 3.05) is 0 Å². The summed E-state index contributed by atoms with van der Waals surface area (Å²) in [7, 11) is 0. The van der Waals surface area contributed by atoms with Gasteiger partial charge in [-0.1, -0.05) is 182 Å². The lowest BCUT2D eigenvalue weighted by atomic mass is 9.61. The summed E-state index contributed by atoms with van der Waals surface area (Å²) in [5, 5.41) is 5.10. The average Bonchev–Trinajstić information content (AvgIpc) is 3.92. The molecular formula is C64H42N2. The lowest BCUT2D eigenvalue weighted by Crippen LogP contribution is -2.30. The van der Waals surface area contributed by atoms with Crippen molar-refractivity contribution in [1.82, 2.24) is 9.13 Å². The topological polar surface area (TPSA) is 9.86 Å². The zero-order chi connectivity index (χ0) is 43.3. The van der Waals surface area contributed by atoms with Gasteiger partial charge < -0.3 is 9.13 Å². The summed E-state index contributed by atoms with van der Waals surface area (Å²) in [5.41, 5.74) is 22.8. The van der Waals surface area contributed by atoms with Crippen molar-refractivity contribution in [2.24, 2.45) is 11.8 Å². The molecule has 0 radical (unpaired) electrons. The molecule has 308 valence electrons. The Kier molecular flexibility index (Phi) is 8.14. The van der Waals surface area contributed by atoms with E-state index in [0.29, 0.717) is 0 Å². The Bertz CT molecular complexity index is 3910. The first-order valence-corrected chi connectivity index (χ1v) is 23.1. The molecule has 2 heteroatoms. The highest BCUT2D eigenvalue weighted by molar-refractivity contribution is 6.17. The van der Waals surface area contributed by atoms with Crippen LogP contribution in [0.3, 0.4) is 0 Å². The van der Waals surface area contributed by atoms with Crippen LogP contribution in [0.1, 0.15) is 11.1 Å². The fraction of sp³-hybridized carbons (Fsp3) is 0.0312. The molecule has 0 saturated heterocycles. The van der Waals surface area contributed by atoms with Crippen LogP contribution in [0.25, 0.3) is 88.4 Å². The summed E-state index contributed by atoms with van der Waals surface area (Å²) >= 11 is 0. The molecule has 0 spiro atoms. The van der Waals surface area contributed by atoms with E-state index in [-0.39, 0.29) is 11.8 Å². The van der Waals surface area contributed by atoms with Gasteiger partial charge in [0, 0.05) is 44.8 Å². The molecule has 0 N–H and O–H groups in total. The fourth-order valence-electron chi connectivity index (χ4n) is 11.7. The van der Waals surface area contributed by atoms with Crippen LogP contribution in [0.5, 0.6) is 0 Å². The van der Waals surface area contributed by atoms with Gasteiger partial charge in [-0.2, -0.15) is 0 Å². The maximum atomic E-state index is 2.42. The Morgan fingerprint density at radius 1 is 0.333 bits per heavy atom. The molecule has 0 amide bonds. The van der Waals surface area contributed by atoms with Crippen LogP contribution < -0.4 is 0 Å². The Morgan fingerprint density at radius 3 is 1.45 bits per heavy atom. The molecule has 66 heavy (non-hydrogen) atoms. The smallest absolute Gasteiger partial charge is 0.0547 e. The maximum absolute atomic E-state index is 2.42. The molecule has 0 bridgehead atoms. The molecule has 4 aliphatic rings. The molecule has 14 rings (SSSR count). The van der Waals surface area contributed by atoms with Crippen LogP contribution in [0.4, 0.5) is 0 Å². The van der Waals surface area contributed by atoms with E-state index in [1.54, 1.807) is 0 Å². The van der Waals surface area contributed by atoms with Crippen molar-refractivity contribution in [3.63, 3.8) is 0 Å². The second-order valence-corrected chi connectivity index (χ2v) is 18.0. The van der Waals surface area contributed by atoms with E-state index in [9.17, 15) is 0 Å². The number of hydrogen-bond donors (Lipinski definition) is 0. The number of hydrogen-bond acceptors (Lipinski definition) is 0. The lowest BCUT2D eigenvalue weighted by molar-refractivity contribution is 0.569. The quantitative estimate of drug-likeness (QED) is 0.158. The first kappa shape index (κ1) is 37.0. The van der Waals surface area contributed by atoms with Gasteiger partial charge in [0.05, 0.1) is 22.1 Å². The number of rotatable bonds is 6. The molecule has 2 aromatic heterocycles. The highest BCUT2D eigenvalue weighted by Gasteiger charge is 2.40. The number of aromatic nitrogens is 2. The van der Waals surface area contributed by atoms with E-state index >= 15 is 0 Å². The molecule has 2 heterocycles. The Balaban J connectivity index is 0.848. The number of fused-ring (bicyclic) bond motifs is 6. The van der Waals surface area contributed by atoms with Crippen LogP contribution in [0, 0.1) is 11.8 Å². The second-order valence-electron chi connectivity index (χ2n) is 18.0. The lowest BCUT2D eigenvalue weighted by Gasteiger charge is -2.42. The molecule has 0 saturated carbocycles. The van der Waals surface area contributed by atoms with E-state index in [2.05, 4.69) is 252 Å². The minimum absolute atomic E-state index is 0.238. The molecule has 10 aromatic rings. The largest absolute Gasteiger partial charge is 0.309 e. The van der Waals surface area contributed by atoms with Gasteiger partial charge in [0.1, 0.15) is 0 Å². The highest BCUT2D eigenvalue weighted by atomic mass is 15.0. The Morgan fingerprint density at radius 2 is 0.818 bits per heavy atom. The first-order valence-electron chi connectivity index (χ1n) is 23.1. The molecule has 8 aromatic carbocycles. The monoisotopic (exact) mass is 838 g/mol. The molecule has 0 aliphatic heterocycles. The summed E-state index contributed by atoms with van der Waals surface area (Å²) in [6.07, 6.45) is 19.0. The third-order valence-electron chi connectivity index (χ3n) is 14.5. The molecule has 2 unspecified atom stereocenters. The summed E-state index contributed by atoms with van der Waals surface area (Å²) in [4.78, 5) is 0. The zero-order valence-electron chi connectivity index (χ0n) is 36.1. The van der Waals surface area contributed by atoms with Crippen molar-refractivity contribution in [1.29, 1.82) is 0 Å². The SMILES string of the molecule is C1=CC2=C(c3cccc(-c4cccc5c4c4ccccc4n5-c4ccccc4)c3)C=CC3=CC=C4C(c5cccc(-c6cccc7c6c6ccccc6n7-c6ccccc6)c5)=CC=C1C4C32. The number of benzene rings is 8. The van der Waals surface area contributed by atoms with Gasteiger partial charge in [0.25, 0.3) is 0 Å². The predicted molar refractivity (Wildman–Crippen MR) is 277 cm³/mol. The summed E-state index contributed by atoms with van der Waals surface area (Å²) in [6.45, 7) is 0. The van der Waals surface area contributed by atoms with Gasteiger partial charge in [0.2, 0.25) is 0 Å². The third kappa shape index (κ3) is 5.49. The first-order chi connectivity index (χ1) is 32.8. The van der Waals surface area contributed by atoms with E-state index < -0.39 is 0 Å². The summed E-state index contributed by atoms with van der Waals surface area (Å²) in [6, 6.07) is 71.1. The van der Waals surface area contributed by atoms with Gasteiger partial charge in [-0.05, 0) is 127 Å². The van der Waals surface area contributed by atoms with Crippen LogP contribution in [-0.4, -0.2) is 9.13 Å². The van der Waals surface area contributed by atoms with E-state index in [1.807, 2.05) is 0 Å². The Hall–Kier alpha value is -8.46. The molecule has 0 fully saturated rings. The van der Waals surface area contributed by atoms with Gasteiger partial charge in [-0.15, -0.1) is 0 Å². The van der Waals surface area contributed by atoms with E-state index in [0.717, 1.165) is 0 Å². The molecular weight excluding hydrogens is 797 g/mol. The van der Waals surface area contributed by atoms with Gasteiger partial charge in [0.15, 0.2) is 0 Å². The fourth-order valence-corrected chi connectivity index (χ4v) is 11.7. The summed E-state index contributed by atoms with van der Waals surface area (Å²) < 4.78 is 4.81. The number of para-hydroxylation sites is 4. The molecule has 2 nitrogen and oxygen atoms in total. The average molecular weight is 839 g/mol. The van der Waals surface area contributed by atoms with Gasteiger partial charge >= 0.3 is 0 Å². The molecule has 2 atom stereocenters. The third-order valence-corrected chi connectivity index (χ3v) is 14.5. The van der Waals surface area contributed by atoms with Crippen LogP contribution >= 0.6 is 0 Å². The zero-order valence-corrected chi connectivity index (χ0v) is 36.1. The second kappa shape index (κ2) is 14.5.